The third-order valence-electron chi connectivity index (χ3n) is 2.76. The van der Waals surface area contributed by atoms with Crippen LogP contribution in [0.4, 0.5) is 5.82 Å². The number of imidazole rings is 1. The van der Waals surface area contributed by atoms with Crippen LogP contribution in [0.5, 0.6) is 0 Å². The lowest BCUT2D eigenvalue weighted by Crippen LogP contribution is -2.25. The second kappa shape index (κ2) is 6.49. The number of unbranched alkanes of at least 4 members (excludes halogenated alkanes) is 1. The summed E-state index contributed by atoms with van der Waals surface area (Å²) in [6.07, 6.45) is 8.22. The molecule has 0 bridgehead atoms. The van der Waals surface area contributed by atoms with E-state index in [1.807, 2.05) is 10.8 Å². The lowest BCUT2D eigenvalue weighted by molar-refractivity contribution is 0.566. The summed E-state index contributed by atoms with van der Waals surface area (Å²) >= 11 is 0. The fourth-order valence-electron chi connectivity index (χ4n) is 1.68. The van der Waals surface area contributed by atoms with Crippen molar-refractivity contribution < 1.29 is 8.42 Å². The standard InChI is InChI=1S/C12H17N5O2S/c13-12-4-3-11(9-15-12)20(18,19)16-5-1-2-7-17-8-6-14-10-17/h3-4,6,8-10,16H,1-2,5,7H2,(H2,13,15). The molecule has 2 rings (SSSR count). The Morgan fingerprint density at radius 3 is 2.80 bits per heavy atom. The minimum atomic E-state index is -3.50. The molecule has 7 nitrogen and oxygen atoms in total. The van der Waals surface area contributed by atoms with Crippen LogP contribution < -0.4 is 10.5 Å². The highest BCUT2D eigenvalue weighted by Crippen LogP contribution is 2.08. The van der Waals surface area contributed by atoms with Gasteiger partial charge < -0.3 is 10.3 Å². The number of nitrogens with one attached hydrogen (secondary N) is 1. The van der Waals surface area contributed by atoms with E-state index in [4.69, 9.17) is 5.73 Å². The number of nitrogens with zero attached hydrogens (tertiary/aromatic N) is 3. The van der Waals surface area contributed by atoms with Crippen LogP contribution in [0, 0.1) is 0 Å². The molecular weight excluding hydrogens is 278 g/mol. The summed E-state index contributed by atoms with van der Waals surface area (Å²) in [6, 6.07) is 2.91. The number of anilines is 1. The number of rotatable bonds is 7. The molecule has 8 heteroatoms. The van der Waals surface area contributed by atoms with Crippen molar-refractivity contribution in [2.45, 2.75) is 24.3 Å². The molecular formula is C12H17N5O2S. The largest absolute Gasteiger partial charge is 0.384 e. The fourth-order valence-corrected chi connectivity index (χ4v) is 2.70. The van der Waals surface area contributed by atoms with Crippen LogP contribution in [0.2, 0.25) is 0 Å². The highest BCUT2D eigenvalue weighted by molar-refractivity contribution is 7.89. The summed E-state index contributed by atoms with van der Waals surface area (Å²) in [4.78, 5) is 7.84. The zero-order valence-electron chi connectivity index (χ0n) is 10.9. The number of hydrogen-bond donors (Lipinski definition) is 2. The molecule has 2 aromatic heterocycles. The van der Waals surface area contributed by atoms with Crippen LogP contribution in [0.3, 0.4) is 0 Å². The van der Waals surface area contributed by atoms with Gasteiger partial charge in [0.25, 0.3) is 0 Å². The van der Waals surface area contributed by atoms with Crippen molar-refractivity contribution >= 4 is 15.8 Å². The van der Waals surface area contributed by atoms with Gasteiger partial charge in [0.05, 0.1) is 6.33 Å². The molecule has 0 saturated carbocycles. The van der Waals surface area contributed by atoms with Crippen molar-refractivity contribution in [2.75, 3.05) is 12.3 Å². The minimum Gasteiger partial charge on any atom is -0.384 e. The first-order valence-corrected chi connectivity index (χ1v) is 7.73. The van der Waals surface area contributed by atoms with Gasteiger partial charge in [-0.2, -0.15) is 0 Å². The smallest absolute Gasteiger partial charge is 0.242 e. The van der Waals surface area contributed by atoms with Crippen LogP contribution in [-0.2, 0) is 16.6 Å². The second-order valence-electron chi connectivity index (χ2n) is 4.32. The molecule has 0 atom stereocenters. The summed E-state index contributed by atoms with van der Waals surface area (Å²) in [6.45, 7) is 1.21. The molecule has 0 unspecified atom stereocenters. The molecule has 0 fully saturated rings. The molecule has 0 spiro atoms. The number of sulfonamides is 1. The van der Waals surface area contributed by atoms with E-state index in [0.717, 1.165) is 19.4 Å². The molecule has 0 saturated heterocycles. The van der Waals surface area contributed by atoms with Gasteiger partial charge in [0.15, 0.2) is 0 Å². The predicted molar refractivity (Wildman–Crippen MR) is 75.3 cm³/mol. The number of nitrogen functional groups attached to an aromatic ring is 1. The molecule has 0 aromatic carbocycles. The summed E-state index contributed by atoms with van der Waals surface area (Å²) in [5, 5.41) is 0. The number of pyridine rings is 1. The van der Waals surface area contributed by atoms with Gasteiger partial charge >= 0.3 is 0 Å². The highest BCUT2D eigenvalue weighted by atomic mass is 32.2. The van der Waals surface area contributed by atoms with Crippen molar-refractivity contribution in [1.29, 1.82) is 0 Å². The number of hydrogen-bond acceptors (Lipinski definition) is 5. The van der Waals surface area contributed by atoms with Crippen molar-refractivity contribution in [2.24, 2.45) is 0 Å². The van der Waals surface area contributed by atoms with Crippen molar-refractivity contribution in [3.05, 3.63) is 37.1 Å². The first-order valence-electron chi connectivity index (χ1n) is 6.25. The summed E-state index contributed by atoms with van der Waals surface area (Å²) < 4.78 is 28.4. The van der Waals surface area contributed by atoms with Crippen LogP contribution in [-0.4, -0.2) is 29.5 Å². The fraction of sp³-hybridized carbons (Fsp3) is 0.333. The molecule has 0 radical (unpaired) electrons. The van der Waals surface area contributed by atoms with E-state index in [9.17, 15) is 8.42 Å². The Balaban J connectivity index is 1.76. The Kier molecular flexibility index (Phi) is 4.70. The van der Waals surface area contributed by atoms with E-state index in [2.05, 4.69) is 14.7 Å². The maximum atomic E-state index is 11.9. The molecule has 108 valence electrons. The number of aromatic nitrogens is 3. The van der Waals surface area contributed by atoms with Crippen LogP contribution >= 0.6 is 0 Å². The number of aryl methyl sites for hydroxylation is 1. The van der Waals surface area contributed by atoms with Gasteiger partial charge in [0.1, 0.15) is 10.7 Å². The lowest BCUT2D eigenvalue weighted by atomic mass is 10.3. The van der Waals surface area contributed by atoms with Gasteiger partial charge in [0, 0.05) is 31.7 Å². The molecule has 0 aliphatic heterocycles. The van der Waals surface area contributed by atoms with Gasteiger partial charge in [-0.25, -0.2) is 23.1 Å². The summed E-state index contributed by atoms with van der Waals surface area (Å²) in [5.74, 6) is 0.296. The SMILES string of the molecule is Nc1ccc(S(=O)(=O)NCCCCn2ccnc2)cn1. The Labute approximate surface area is 117 Å². The summed E-state index contributed by atoms with van der Waals surface area (Å²) in [5.41, 5.74) is 5.42. The van der Waals surface area contributed by atoms with E-state index in [0.29, 0.717) is 12.4 Å². The maximum Gasteiger partial charge on any atom is 0.242 e. The Morgan fingerprint density at radius 1 is 1.30 bits per heavy atom. The molecule has 2 aromatic rings. The highest BCUT2D eigenvalue weighted by Gasteiger charge is 2.13. The Bertz CT molecular complexity index is 622. The average Bonchev–Trinajstić information content (AvgIpc) is 2.92. The maximum absolute atomic E-state index is 11.9. The van der Waals surface area contributed by atoms with E-state index < -0.39 is 10.0 Å². The third-order valence-corrected chi connectivity index (χ3v) is 4.21. The molecule has 0 aliphatic rings. The molecule has 0 amide bonds. The summed E-state index contributed by atoms with van der Waals surface area (Å²) in [7, 11) is -3.50. The first-order chi connectivity index (χ1) is 9.58. The Morgan fingerprint density at radius 2 is 2.15 bits per heavy atom. The minimum absolute atomic E-state index is 0.126. The van der Waals surface area contributed by atoms with Crippen LogP contribution in [0.15, 0.2) is 41.9 Å². The molecule has 2 heterocycles. The normalized spacial score (nSPS) is 11.6. The van der Waals surface area contributed by atoms with E-state index >= 15 is 0 Å². The van der Waals surface area contributed by atoms with E-state index in [1.54, 1.807) is 12.5 Å². The van der Waals surface area contributed by atoms with Gasteiger partial charge in [-0.05, 0) is 25.0 Å². The first kappa shape index (κ1) is 14.5. The van der Waals surface area contributed by atoms with Crippen LogP contribution in [0.25, 0.3) is 0 Å². The predicted octanol–water partition coefficient (Wildman–Crippen LogP) is 0.619. The second-order valence-corrected chi connectivity index (χ2v) is 6.09. The monoisotopic (exact) mass is 295 g/mol. The van der Waals surface area contributed by atoms with Crippen molar-refractivity contribution in [3.8, 4) is 0 Å². The van der Waals surface area contributed by atoms with Crippen molar-refractivity contribution in [1.82, 2.24) is 19.3 Å². The number of nitrogens with two attached hydrogens (primary N) is 1. The lowest BCUT2D eigenvalue weighted by Gasteiger charge is -2.07. The molecule has 20 heavy (non-hydrogen) atoms. The van der Waals surface area contributed by atoms with E-state index in [-0.39, 0.29) is 4.90 Å². The van der Waals surface area contributed by atoms with Gasteiger partial charge in [-0.15, -0.1) is 0 Å². The van der Waals surface area contributed by atoms with Gasteiger partial charge in [-0.3, -0.25) is 0 Å². The zero-order chi connectivity index (χ0) is 14.4. The molecule has 0 aliphatic carbocycles. The van der Waals surface area contributed by atoms with Gasteiger partial charge in [-0.1, -0.05) is 0 Å². The quantitative estimate of drug-likeness (QED) is 0.729. The van der Waals surface area contributed by atoms with Crippen molar-refractivity contribution in [3.63, 3.8) is 0 Å². The average molecular weight is 295 g/mol. The van der Waals surface area contributed by atoms with Crippen LogP contribution in [0.1, 0.15) is 12.8 Å². The van der Waals surface area contributed by atoms with Gasteiger partial charge in [0.2, 0.25) is 10.0 Å². The molecule has 3 N–H and O–H groups in total. The third kappa shape index (κ3) is 4.04. The van der Waals surface area contributed by atoms with E-state index in [1.165, 1.54) is 18.3 Å². The topological polar surface area (TPSA) is 103 Å². The Hall–Kier alpha value is -1.93. The zero-order valence-corrected chi connectivity index (χ0v) is 11.8.